The van der Waals surface area contributed by atoms with Gasteiger partial charge in [0, 0.05) is 16.9 Å². The molecule has 0 radical (unpaired) electrons. The summed E-state index contributed by atoms with van der Waals surface area (Å²) in [4.78, 5) is 38.5. The predicted molar refractivity (Wildman–Crippen MR) is 125 cm³/mol. The van der Waals surface area contributed by atoms with E-state index < -0.39 is 17.7 Å². The number of para-hydroxylation sites is 1. The van der Waals surface area contributed by atoms with Crippen LogP contribution in [0.2, 0.25) is 0 Å². The zero-order chi connectivity index (χ0) is 24.4. The Hall–Kier alpha value is -3.70. The Kier molecular flexibility index (Phi) is 9.58. The standard InChI is InChI=1S/C25H25NO6S/c1-5-12-32-20-11-9-8-10-17(20)13-18(15-26)19(27)14-21-22(24(28)30-6-2)16(4)23(33-21)25(29)31-7-3/h5,8-11,13H,1,6-7,12,14H2,2-4H3/b18-13+. The molecule has 2 aromatic rings. The number of ketones is 1. The van der Waals surface area contributed by atoms with E-state index >= 15 is 0 Å². The first-order valence-electron chi connectivity index (χ1n) is 10.3. The molecule has 1 heterocycles. The SMILES string of the molecule is C=CCOc1ccccc1/C=C(\C#N)C(=O)Cc1sc(C(=O)OCC)c(C)c1C(=O)OCC. The molecule has 0 fully saturated rings. The highest BCUT2D eigenvalue weighted by molar-refractivity contribution is 7.14. The fraction of sp³-hybridized carbons (Fsp3) is 0.280. The minimum absolute atomic E-state index is 0.108. The van der Waals surface area contributed by atoms with Crippen LogP contribution in [0.15, 0.2) is 42.5 Å². The summed E-state index contributed by atoms with van der Waals surface area (Å²) in [5, 5.41) is 9.63. The van der Waals surface area contributed by atoms with Crippen LogP contribution >= 0.6 is 11.3 Å². The maximum absolute atomic E-state index is 13.0. The van der Waals surface area contributed by atoms with Crippen LogP contribution in [-0.4, -0.2) is 37.5 Å². The van der Waals surface area contributed by atoms with Crippen LogP contribution in [0, 0.1) is 18.3 Å². The van der Waals surface area contributed by atoms with Gasteiger partial charge in [0.25, 0.3) is 0 Å². The third-order valence-electron chi connectivity index (χ3n) is 4.48. The molecule has 0 spiro atoms. The van der Waals surface area contributed by atoms with Gasteiger partial charge in [-0.3, -0.25) is 4.79 Å². The molecule has 0 aliphatic rings. The van der Waals surface area contributed by atoms with Crippen LogP contribution in [0.4, 0.5) is 0 Å². The van der Waals surface area contributed by atoms with Gasteiger partial charge in [-0.2, -0.15) is 5.26 Å². The van der Waals surface area contributed by atoms with Crippen molar-refractivity contribution in [1.82, 2.24) is 0 Å². The predicted octanol–water partition coefficient (Wildman–Crippen LogP) is 4.69. The quantitative estimate of drug-likeness (QED) is 0.204. The van der Waals surface area contributed by atoms with E-state index in [0.717, 1.165) is 11.3 Å². The van der Waals surface area contributed by atoms with Crippen molar-refractivity contribution in [2.24, 2.45) is 0 Å². The molecule has 0 aliphatic heterocycles. The lowest BCUT2D eigenvalue weighted by Crippen LogP contribution is -2.12. The number of thiophene rings is 1. The molecular formula is C25H25NO6S. The Labute approximate surface area is 196 Å². The normalized spacial score (nSPS) is 10.8. The zero-order valence-electron chi connectivity index (χ0n) is 18.8. The van der Waals surface area contributed by atoms with E-state index in [1.54, 1.807) is 51.1 Å². The van der Waals surface area contributed by atoms with Gasteiger partial charge in [-0.25, -0.2) is 9.59 Å². The number of ether oxygens (including phenoxy) is 3. The molecule has 7 nitrogen and oxygen atoms in total. The molecular weight excluding hydrogens is 442 g/mol. The molecule has 0 amide bonds. The van der Waals surface area contributed by atoms with Crippen molar-refractivity contribution in [3.05, 3.63) is 68.9 Å². The lowest BCUT2D eigenvalue weighted by molar-refractivity contribution is -0.114. The van der Waals surface area contributed by atoms with Crippen molar-refractivity contribution in [3.8, 4) is 11.8 Å². The van der Waals surface area contributed by atoms with E-state index in [4.69, 9.17) is 14.2 Å². The van der Waals surface area contributed by atoms with Crippen LogP contribution in [0.1, 0.15) is 49.9 Å². The van der Waals surface area contributed by atoms with Gasteiger partial charge in [0.15, 0.2) is 5.78 Å². The molecule has 0 saturated heterocycles. The Morgan fingerprint density at radius 1 is 1.12 bits per heavy atom. The summed E-state index contributed by atoms with van der Waals surface area (Å²) in [5.41, 5.74) is 1.00. The topological polar surface area (TPSA) is 103 Å². The Balaban J connectivity index is 2.43. The van der Waals surface area contributed by atoms with Crippen LogP contribution in [0.3, 0.4) is 0 Å². The van der Waals surface area contributed by atoms with Gasteiger partial charge >= 0.3 is 11.9 Å². The summed E-state index contributed by atoms with van der Waals surface area (Å²) in [6.07, 6.45) is 2.79. The number of esters is 2. The van der Waals surface area contributed by atoms with E-state index in [0.29, 0.717) is 21.8 Å². The largest absolute Gasteiger partial charge is 0.489 e. The molecule has 0 atom stereocenters. The third-order valence-corrected chi connectivity index (χ3v) is 5.75. The van der Waals surface area contributed by atoms with Gasteiger partial charge < -0.3 is 14.2 Å². The molecule has 0 saturated carbocycles. The van der Waals surface area contributed by atoms with Crippen molar-refractivity contribution >= 4 is 35.1 Å². The molecule has 1 aromatic heterocycles. The number of allylic oxidation sites excluding steroid dienone is 1. The molecule has 0 bridgehead atoms. The number of hydrogen-bond donors (Lipinski definition) is 0. The lowest BCUT2D eigenvalue weighted by atomic mass is 10.0. The fourth-order valence-electron chi connectivity index (χ4n) is 3.01. The first-order chi connectivity index (χ1) is 15.9. The highest BCUT2D eigenvalue weighted by Crippen LogP contribution is 2.31. The molecule has 0 unspecified atom stereocenters. The molecule has 0 N–H and O–H groups in total. The van der Waals surface area contributed by atoms with Crippen LogP contribution in [0.25, 0.3) is 6.08 Å². The number of carbonyl (C=O) groups excluding carboxylic acids is 3. The summed E-state index contributed by atoms with van der Waals surface area (Å²) < 4.78 is 15.8. The van der Waals surface area contributed by atoms with Crippen molar-refractivity contribution < 1.29 is 28.6 Å². The minimum Gasteiger partial charge on any atom is -0.489 e. The highest BCUT2D eigenvalue weighted by Gasteiger charge is 2.28. The first-order valence-corrected chi connectivity index (χ1v) is 11.1. The van der Waals surface area contributed by atoms with Crippen LogP contribution in [-0.2, 0) is 20.7 Å². The van der Waals surface area contributed by atoms with E-state index in [1.807, 2.05) is 6.07 Å². The summed E-state index contributed by atoms with van der Waals surface area (Å²) in [7, 11) is 0. The summed E-state index contributed by atoms with van der Waals surface area (Å²) in [6, 6.07) is 8.91. The average Bonchev–Trinajstić information content (AvgIpc) is 3.12. The monoisotopic (exact) mass is 467 g/mol. The maximum Gasteiger partial charge on any atom is 0.348 e. The number of Topliss-reactive ketones (excluding diaryl/α,β-unsaturated/α-hetero) is 1. The highest BCUT2D eigenvalue weighted by atomic mass is 32.1. The van der Waals surface area contributed by atoms with E-state index in [1.165, 1.54) is 6.08 Å². The molecule has 8 heteroatoms. The number of hydrogen-bond acceptors (Lipinski definition) is 8. The number of benzene rings is 1. The zero-order valence-corrected chi connectivity index (χ0v) is 19.6. The fourth-order valence-corrected chi connectivity index (χ4v) is 4.20. The van der Waals surface area contributed by atoms with Gasteiger partial charge in [0.1, 0.15) is 23.3 Å². The summed E-state index contributed by atoms with van der Waals surface area (Å²) in [5.74, 6) is -1.20. The second-order valence-corrected chi connectivity index (χ2v) is 7.81. The van der Waals surface area contributed by atoms with Gasteiger partial charge in [-0.05, 0) is 38.5 Å². The van der Waals surface area contributed by atoms with Crippen molar-refractivity contribution in [1.29, 1.82) is 5.26 Å². The third kappa shape index (κ3) is 6.40. The molecule has 1 aromatic carbocycles. The van der Waals surface area contributed by atoms with Crippen LogP contribution in [0.5, 0.6) is 5.75 Å². The summed E-state index contributed by atoms with van der Waals surface area (Å²) in [6.45, 7) is 9.15. The second kappa shape index (κ2) is 12.4. The van der Waals surface area contributed by atoms with Gasteiger partial charge in [0.05, 0.1) is 24.4 Å². The minimum atomic E-state index is -0.629. The van der Waals surface area contributed by atoms with Crippen molar-refractivity contribution in [3.63, 3.8) is 0 Å². The smallest absolute Gasteiger partial charge is 0.348 e. The average molecular weight is 468 g/mol. The Bertz CT molecular complexity index is 1120. The lowest BCUT2D eigenvalue weighted by Gasteiger charge is -2.08. The molecule has 33 heavy (non-hydrogen) atoms. The van der Waals surface area contributed by atoms with Gasteiger partial charge in [-0.1, -0.05) is 30.9 Å². The van der Waals surface area contributed by atoms with E-state index in [9.17, 15) is 19.6 Å². The number of nitrogens with zero attached hydrogens (tertiary/aromatic N) is 1. The van der Waals surface area contributed by atoms with Gasteiger partial charge in [-0.15, -0.1) is 11.3 Å². The van der Waals surface area contributed by atoms with Crippen molar-refractivity contribution in [2.45, 2.75) is 27.2 Å². The summed E-state index contributed by atoms with van der Waals surface area (Å²) >= 11 is 0.997. The molecule has 0 aliphatic carbocycles. The number of nitriles is 1. The molecule has 172 valence electrons. The number of carbonyl (C=O) groups is 3. The van der Waals surface area contributed by atoms with Crippen LogP contribution < -0.4 is 4.74 Å². The van der Waals surface area contributed by atoms with E-state index in [2.05, 4.69) is 6.58 Å². The maximum atomic E-state index is 13.0. The Morgan fingerprint density at radius 2 is 1.79 bits per heavy atom. The number of rotatable bonds is 11. The second-order valence-electron chi connectivity index (χ2n) is 6.70. The molecule has 2 rings (SSSR count). The first kappa shape index (κ1) is 25.6. The Morgan fingerprint density at radius 3 is 2.42 bits per heavy atom. The van der Waals surface area contributed by atoms with E-state index in [-0.39, 0.29) is 42.3 Å². The van der Waals surface area contributed by atoms with Gasteiger partial charge in [0.2, 0.25) is 0 Å². The van der Waals surface area contributed by atoms with Crippen molar-refractivity contribution in [2.75, 3.05) is 19.8 Å².